The Morgan fingerprint density at radius 1 is 0.393 bits per heavy atom. The molecule has 0 aliphatic carbocycles. The molecule has 0 radical (unpaired) electrons. The molecule has 6 rings (SSSR count). The molecule has 6 aromatic rings. The third kappa shape index (κ3) is 2.00. The van der Waals surface area contributed by atoms with Gasteiger partial charge in [0.1, 0.15) is 0 Å². The molecule has 28 heavy (non-hydrogen) atoms. The zero-order valence-corrected chi connectivity index (χ0v) is 16.1. The minimum Gasteiger partial charge on any atom is -0.0616 e. The van der Waals surface area contributed by atoms with Crippen LogP contribution in [0, 0.1) is 13.8 Å². The third-order valence-electron chi connectivity index (χ3n) is 6.32. The van der Waals surface area contributed by atoms with Crippen LogP contribution in [0.25, 0.3) is 53.9 Å². The van der Waals surface area contributed by atoms with E-state index in [0.717, 1.165) is 0 Å². The van der Waals surface area contributed by atoms with Gasteiger partial charge in [0, 0.05) is 0 Å². The first-order valence-electron chi connectivity index (χ1n) is 9.88. The molecule has 6 aromatic carbocycles. The van der Waals surface area contributed by atoms with Gasteiger partial charge in [0.15, 0.2) is 0 Å². The molecule has 0 spiro atoms. The minimum absolute atomic E-state index is 1.30. The fourth-order valence-corrected chi connectivity index (χ4v) is 4.80. The van der Waals surface area contributed by atoms with Gasteiger partial charge in [-0.25, -0.2) is 0 Å². The van der Waals surface area contributed by atoms with Crippen molar-refractivity contribution < 1.29 is 0 Å². The molecule has 0 fully saturated rings. The second kappa shape index (κ2) is 5.56. The van der Waals surface area contributed by atoms with Crippen molar-refractivity contribution in [2.45, 2.75) is 13.8 Å². The minimum atomic E-state index is 1.30. The van der Waals surface area contributed by atoms with Crippen LogP contribution in [-0.4, -0.2) is 0 Å². The highest BCUT2D eigenvalue weighted by Gasteiger charge is 2.14. The number of hydrogen-bond donors (Lipinski definition) is 0. The van der Waals surface area contributed by atoms with E-state index in [1.54, 1.807) is 0 Å². The van der Waals surface area contributed by atoms with Crippen LogP contribution in [0.4, 0.5) is 0 Å². The van der Waals surface area contributed by atoms with E-state index in [2.05, 4.69) is 98.8 Å². The second-order valence-electron chi connectivity index (χ2n) is 7.90. The maximum absolute atomic E-state index is 2.39. The summed E-state index contributed by atoms with van der Waals surface area (Å²) in [6, 6.07) is 31.4. The largest absolute Gasteiger partial charge is 0.0616 e. The molecule has 0 saturated heterocycles. The van der Waals surface area contributed by atoms with Crippen LogP contribution in [0.1, 0.15) is 11.1 Å². The number of benzene rings is 6. The van der Waals surface area contributed by atoms with Gasteiger partial charge in [-0.2, -0.15) is 0 Å². The number of hydrogen-bond acceptors (Lipinski definition) is 0. The molecule has 0 heteroatoms. The molecule has 0 bridgehead atoms. The monoisotopic (exact) mass is 356 g/mol. The summed E-state index contributed by atoms with van der Waals surface area (Å²) >= 11 is 0. The zero-order valence-electron chi connectivity index (χ0n) is 16.1. The van der Waals surface area contributed by atoms with Crippen LogP contribution in [-0.2, 0) is 0 Å². The first-order valence-corrected chi connectivity index (χ1v) is 9.88. The van der Waals surface area contributed by atoms with E-state index < -0.39 is 0 Å². The van der Waals surface area contributed by atoms with E-state index in [-0.39, 0.29) is 0 Å². The Kier molecular flexibility index (Phi) is 3.11. The van der Waals surface area contributed by atoms with Crippen LogP contribution < -0.4 is 0 Å². The molecule has 0 aromatic heterocycles. The first kappa shape index (κ1) is 15.7. The van der Waals surface area contributed by atoms with Gasteiger partial charge in [-0.05, 0) is 78.8 Å². The average Bonchev–Trinajstić information content (AvgIpc) is 2.74. The smallest absolute Gasteiger partial charge is 0.00202 e. The summed E-state index contributed by atoms with van der Waals surface area (Å²) in [6.45, 7) is 4.44. The molecule has 0 N–H and O–H groups in total. The van der Waals surface area contributed by atoms with Crippen molar-refractivity contribution in [3.8, 4) is 0 Å². The predicted molar refractivity (Wildman–Crippen MR) is 123 cm³/mol. The Balaban J connectivity index is 2.04. The summed E-state index contributed by atoms with van der Waals surface area (Å²) in [4.78, 5) is 0. The summed E-state index contributed by atoms with van der Waals surface area (Å²) in [5.41, 5.74) is 2.70. The molecule has 0 saturated carbocycles. The van der Waals surface area contributed by atoms with Crippen LogP contribution in [0.5, 0.6) is 0 Å². The van der Waals surface area contributed by atoms with Gasteiger partial charge in [0.2, 0.25) is 0 Å². The fourth-order valence-electron chi connectivity index (χ4n) is 4.80. The average molecular weight is 356 g/mol. The van der Waals surface area contributed by atoms with Crippen molar-refractivity contribution in [1.82, 2.24) is 0 Å². The number of rotatable bonds is 0. The molecule has 0 unspecified atom stereocenters. The van der Waals surface area contributed by atoms with E-state index in [9.17, 15) is 0 Å². The van der Waals surface area contributed by atoms with Crippen LogP contribution in [0.3, 0.4) is 0 Å². The van der Waals surface area contributed by atoms with Crippen LogP contribution in [0.15, 0.2) is 84.9 Å². The van der Waals surface area contributed by atoms with Gasteiger partial charge >= 0.3 is 0 Å². The lowest BCUT2D eigenvalue weighted by Crippen LogP contribution is -1.89. The Labute approximate surface area is 164 Å². The third-order valence-corrected chi connectivity index (χ3v) is 6.32. The second-order valence-corrected chi connectivity index (χ2v) is 7.90. The number of fused-ring (bicyclic) bond motifs is 10. The summed E-state index contributed by atoms with van der Waals surface area (Å²) in [7, 11) is 0. The van der Waals surface area contributed by atoms with Crippen molar-refractivity contribution in [3.05, 3.63) is 96.1 Å². The topological polar surface area (TPSA) is 0 Å². The van der Waals surface area contributed by atoms with Crippen molar-refractivity contribution in [2.75, 3.05) is 0 Å². The van der Waals surface area contributed by atoms with Gasteiger partial charge in [0.25, 0.3) is 0 Å². The highest BCUT2D eigenvalue weighted by atomic mass is 14.2. The molecule has 0 nitrogen and oxygen atoms in total. The van der Waals surface area contributed by atoms with E-state index in [1.165, 1.54) is 65.0 Å². The Hall–Kier alpha value is -3.38. The highest BCUT2D eigenvalue weighted by Crippen LogP contribution is 2.42. The number of aryl methyl sites for hydroxylation is 2. The summed E-state index contributed by atoms with van der Waals surface area (Å²) in [5.74, 6) is 0. The van der Waals surface area contributed by atoms with E-state index in [1.807, 2.05) is 0 Å². The normalized spacial score (nSPS) is 11.9. The Morgan fingerprint density at radius 3 is 1.29 bits per heavy atom. The lowest BCUT2D eigenvalue weighted by atomic mass is 9.87. The van der Waals surface area contributed by atoms with Crippen molar-refractivity contribution in [3.63, 3.8) is 0 Å². The maximum Gasteiger partial charge on any atom is -0.00202 e. The summed E-state index contributed by atoms with van der Waals surface area (Å²) in [6.07, 6.45) is 0. The standard InChI is InChI=1S/C28H20/c1-17-15-25-26(16-18(17)2)28-22-10-6-4-8-20(22)12-14-24(28)23-13-11-19-7-3-5-9-21(19)27(23)25/h3-16H,1-2H3. The van der Waals surface area contributed by atoms with Crippen molar-refractivity contribution in [1.29, 1.82) is 0 Å². The molecule has 132 valence electrons. The highest BCUT2D eigenvalue weighted by molar-refractivity contribution is 6.35. The predicted octanol–water partition coefficient (Wildman–Crippen LogP) is 8.07. The fraction of sp³-hybridized carbons (Fsp3) is 0.0714. The lowest BCUT2D eigenvalue weighted by Gasteiger charge is -2.16. The quantitative estimate of drug-likeness (QED) is 0.241. The molecule has 0 aliphatic heterocycles. The molecule has 0 heterocycles. The van der Waals surface area contributed by atoms with Crippen molar-refractivity contribution in [2.24, 2.45) is 0 Å². The molecular formula is C28H20. The molecule has 0 aliphatic rings. The molecular weight excluding hydrogens is 336 g/mol. The Morgan fingerprint density at radius 2 is 0.821 bits per heavy atom. The lowest BCUT2D eigenvalue weighted by molar-refractivity contribution is 1.37. The van der Waals surface area contributed by atoms with Gasteiger partial charge in [-0.3, -0.25) is 0 Å². The summed E-state index contributed by atoms with van der Waals surface area (Å²) < 4.78 is 0. The van der Waals surface area contributed by atoms with Gasteiger partial charge < -0.3 is 0 Å². The van der Waals surface area contributed by atoms with Gasteiger partial charge in [-0.1, -0.05) is 84.9 Å². The summed E-state index contributed by atoms with van der Waals surface area (Å²) in [5, 5.41) is 13.4. The van der Waals surface area contributed by atoms with E-state index in [0.29, 0.717) is 0 Å². The van der Waals surface area contributed by atoms with E-state index in [4.69, 9.17) is 0 Å². The molecule has 0 atom stereocenters. The first-order chi connectivity index (χ1) is 13.7. The SMILES string of the molecule is Cc1cc2c(cc1C)c1c3ccccc3ccc1c1ccc3ccccc3c12. The molecule has 0 amide bonds. The Bertz CT molecular complexity index is 1450. The van der Waals surface area contributed by atoms with Crippen LogP contribution in [0.2, 0.25) is 0 Å². The van der Waals surface area contributed by atoms with Gasteiger partial charge in [-0.15, -0.1) is 0 Å². The van der Waals surface area contributed by atoms with E-state index >= 15 is 0 Å². The van der Waals surface area contributed by atoms with Crippen LogP contribution >= 0.6 is 0 Å². The van der Waals surface area contributed by atoms with Gasteiger partial charge in [0.05, 0.1) is 0 Å². The zero-order chi connectivity index (χ0) is 18.8. The van der Waals surface area contributed by atoms with Crippen molar-refractivity contribution >= 4 is 53.9 Å². The maximum atomic E-state index is 2.39.